The van der Waals surface area contributed by atoms with Crippen LogP contribution in [0.1, 0.15) is 39.8 Å². The molecular weight excluding hydrogens is 232 g/mol. The topological polar surface area (TPSA) is 13.1 Å². The highest BCUT2D eigenvalue weighted by Crippen LogP contribution is 2.34. The van der Waals surface area contributed by atoms with Crippen LogP contribution < -0.4 is 0 Å². The third-order valence-corrected chi connectivity index (χ3v) is 4.07. The fourth-order valence-corrected chi connectivity index (χ4v) is 2.95. The lowest BCUT2D eigenvalue weighted by molar-refractivity contribution is 0.530. The van der Waals surface area contributed by atoms with Crippen molar-refractivity contribution in [3.8, 4) is 0 Å². The van der Waals surface area contributed by atoms with Crippen molar-refractivity contribution in [2.75, 3.05) is 0 Å². The first-order chi connectivity index (χ1) is 8.25. The van der Waals surface area contributed by atoms with E-state index in [0.717, 1.165) is 11.3 Å². The Bertz CT molecular complexity index is 542. The van der Waals surface area contributed by atoms with Crippen LogP contribution in [0.5, 0.6) is 0 Å². The summed E-state index contributed by atoms with van der Waals surface area (Å²) < 4.78 is 5.32. The molecule has 17 heavy (non-hydrogen) atoms. The number of benzene rings is 1. The summed E-state index contributed by atoms with van der Waals surface area (Å²) in [6, 6.07) is 8.59. The molecule has 0 N–H and O–H groups in total. The van der Waals surface area contributed by atoms with Crippen molar-refractivity contribution in [1.82, 2.24) is 0 Å². The SMILES string of the molecule is Cc1occc1C(Cl)c1ccc2c(c1)CCC2. The first-order valence-electron chi connectivity index (χ1n) is 6.05. The summed E-state index contributed by atoms with van der Waals surface area (Å²) in [6.45, 7) is 1.96. The number of fused-ring (bicyclic) bond motifs is 1. The molecule has 2 aromatic rings. The summed E-state index contributed by atoms with van der Waals surface area (Å²) in [5.74, 6) is 0.908. The summed E-state index contributed by atoms with van der Waals surface area (Å²) in [7, 11) is 0. The fourth-order valence-electron chi connectivity index (χ4n) is 2.59. The summed E-state index contributed by atoms with van der Waals surface area (Å²) in [4.78, 5) is 0. The largest absolute Gasteiger partial charge is 0.469 e. The molecule has 0 radical (unpaired) electrons. The van der Waals surface area contributed by atoms with Crippen molar-refractivity contribution in [2.24, 2.45) is 0 Å². The third kappa shape index (κ3) is 1.89. The number of halogens is 1. The lowest BCUT2D eigenvalue weighted by atomic mass is 10.0. The van der Waals surface area contributed by atoms with Crippen molar-refractivity contribution in [2.45, 2.75) is 31.6 Å². The number of alkyl halides is 1. The molecule has 1 heterocycles. The molecule has 1 aliphatic carbocycles. The maximum atomic E-state index is 6.52. The molecule has 1 atom stereocenters. The number of hydrogen-bond donors (Lipinski definition) is 0. The van der Waals surface area contributed by atoms with Crippen LogP contribution in [-0.4, -0.2) is 0 Å². The van der Waals surface area contributed by atoms with Crippen molar-refractivity contribution < 1.29 is 4.42 Å². The van der Waals surface area contributed by atoms with E-state index in [9.17, 15) is 0 Å². The van der Waals surface area contributed by atoms with Crippen molar-refractivity contribution >= 4 is 11.6 Å². The summed E-state index contributed by atoms with van der Waals surface area (Å²) in [6.07, 6.45) is 5.38. The molecule has 1 aliphatic rings. The lowest BCUT2D eigenvalue weighted by Crippen LogP contribution is -1.95. The van der Waals surface area contributed by atoms with E-state index in [1.807, 2.05) is 13.0 Å². The van der Waals surface area contributed by atoms with E-state index in [4.69, 9.17) is 16.0 Å². The van der Waals surface area contributed by atoms with E-state index in [1.54, 1.807) is 6.26 Å². The normalized spacial score (nSPS) is 15.9. The highest BCUT2D eigenvalue weighted by molar-refractivity contribution is 6.22. The maximum absolute atomic E-state index is 6.52. The van der Waals surface area contributed by atoms with Crippen LogP contribution >= 0.6 is 11.6 Å². The molecule has 0 spiro atoms. The van der Waals surface area contributed by atoms with Gasteiger partial charge in [0.25, 0.3) is 0 Å². The quantitative estimate of drug-likeness (QED) is 0.716. The zero-order valence-electron chi connectivity index (χ0n) is 9.87. The molecular formula is C15H15ClO. The van der Waals surface area contributed by atoms with Crippen LogP contribution in [0.25, 0.3) is 0 Å². The van der Waals surface area contributed by atoms with Crippen LogP contribution in [0.3, 0.4) is 0 Å². The van der Waals surface area contributed by atoms with E-state index in [0.29, 0.717) is 0 Å². The van der Waals surface area contributed by atoms with Gasteiger partial charge in [-0.25, -0.2) is 0 Å². The zero-order chi connectivity index (χ0) is 11.8. The fraction of sp³-hybridized carbons (Fsp3) is 0.333. The average Bonchev–Trinajstić information content (AvgIpc) is 2.95. The zero-order valence-corrected chi connectivity index (χ0v) is 10.6. The standard InChI is InChI=1S/C15H15ClO/c1-10-14(7-8-17-10)15(16)13-6-5-11-3-2-4-12(11)9-13/h5-9,15H,2-4H2,1H3. The van der Waals surface area contributed by atoms with Crippen LogP contribution in [0.4, 0.5) is 0 Å². The molecule has 0 saturated heterocycles. The lowest BCUT2D eigenvalue weighted by Gasteiger charge is -2.11. The first-order valence-corrected chi connectivity index (χ1v) is 6.49. The average molecular weight is 247 g/mol. The van der Waals surface area contributed by atoms with Crippen molar-refractivity contribution in [3.05, 3.63) is 58.5 Å². The van der Waals surface area contributed by atoms with Crippen LogP contribution in [-0.2, 0) is 12.8 Å². The molecule has 1 unspecified atom stereocenters. The van der Waals surface area contributed by atoms with E-state index >= 15 is 0 Å². The molecule has 3 rings (SSSR count). The van der Waals surface area contributed by atoms with Gasteiger partial charge in [0.2, 0.25) is 0 Å². The Morgan fingerprint density at radius 1 is 1.18 bits per heavy atom. The molecule has 0 bridgehead atoms. The molecule has 2 heteroatoms. The minimum Gasteiger partial charge on any atom is -0.469 e. The van der Waals surface area contributed by atoms with Crippen molar-refractivity contribution in [3.63, 3.8) is 0 Å². The number of furan rings is 1. The highest BCUT2D eigenvalue weighted by atomic mass is 35.5. The Hall–Kier alpha value is -1.21. The summed E-state index contributed by atoms with van der Waals surface area (Å²) in [5.41, 5.74) is 5.21. The van der Waals surface area contributed by atoms with Crippen LogP contribution in [0.15, 0.2) is 34.9 Å². The van der Waals surface area contributed by atoms with Gasteiger partial charge in [-0.15, -0.1) is 11.6 Å². The van der Waals surface area contributed by atoms with Gasteiger partial charge >= 0.3 is 0 Å². The monoisotopic (exact) mass is 246 g/mol. The van der Waals surface area contributed by atoms with Gasteiger partial charge in [0, 0.05) is 5.56 Å². The Labute approximate surface area is 106 Å². The van der Waals surface area contributed by atoms with E-state index in [-0.39, 0.29) is 5.38 Å². The third-order valence-electron chi connectivity index (χ3n) is 3.59. The Morgan fingerprint density at radius 2 is 2.00 bits per heavy atom. The Morgan fingerprint density at radius 3 is 2.76 bits per heavy atom. The van der Waals surface area contributed by atoms with Gasteiger partial charge in [0.15, 0.2) is 0 Å². The number of hydrogen-bond acceptors (Lipinski definition) is 1. The van der Waals surface area contributed by atoms with Gasteiger partial charge in [0.05, 0.1) is 11.6 Å². The second kappa shape index (κ2) is 4.23. The van der Waals surface area contributed by atoms with Gasteiger partial charge < -0.3 is 4.42 Å². The van der Waals surface area contributed by atoms with Crippen LogP contribution in [0, 0.1) is 6.92 Å². The van der Waals surface area contributed by atoms with Gasteiger partial charge in [-0.3, -0.25) is 0 Å². The molecule has 0 fully saturated rings. The predicted octanol–water partition coefficient (Wildman–Crippen LogP) is 4.40. The summed E-state index contributed by atoms with van der Waals surface area (Å²) >= 11 is 6.52. The van der Waals surface area contributed by atoms with Gasteiger partial charge in [-0.05, 0) is 48.9 Å². The minimum atomic E-state index is -0.0975. The maximum Gasteiger partial charge on any atom is 0.105 e. The van der Waals surface area contributed by atoms with E-state index in [1.165, 1.54) is 36.0 Å². The molecule has 0 amide bonds. The molecule has 0 saturated carbocycles. The molecule has 0 aliphatic heterocycles. The Kier molecular flexibility index (Phi) is 2.71. The summed E-state index contributed by atoms with van der Waals surface area (Å²) in [5, 5.41) is -0.0975. The highest BCUT2D eigenvalue weighted by Gasteiger charge is 2.18. The predicted molar refractivity (Wildman–Crippen MR) is 69.6 cm³/mol. The molecule has 88 valence electrons. The van der Waals surface area contributed by atoms with Gasteiger partial charge in [-0.2, -0.15) is 0 Å². The molecule has 1 aromatic carbocycles. The van der Waals surface area contributed by atoms with E-state index < -0.39 is 0 Å². The first kappa shape index (κ1) is 10.9. The molecule has 1 nitrogen and oxygen atoms in total. The number of aryl methyl sites for hydroxylation is 3. The molecule has 1 aromatic heterocycles. The number of rotatable bonds is 2. The smallest absolute Gasteiger partial charge is 0.105 e. The second-order valence-corrected chi connectivity index (χ2v) is 5.11. The van der Waals surface area contributed by atoms with Crippen LogP contribution in [0.2, 0.25) is 0 Å². The van der Waals surface area contributed by atoms with Crippen molar-refractivity contribution in [1.29, 1.82) is 0 Å². The minimum absolute atomic E-state index is 0.0975. The van der Waals surface area contributed by atoms with Gasteiger partial charge in [0.1, 0.15) is 5.76 Å². The van der Waals surface area contributed by atoms with Gasteiger partial charge in [-0.1, -0.05) is 18.2 Å². The van der Waals surface area contributed by atoms with E-state index in [2.05, 4.69) is 18.2 Å². The Balaban J connectivity index is 1.97. The second-order valence-electron chi connectivity index (χ2n) is 4.68.